The molecule has 0 saturated heterocycles. The van der Waals surface area contributed by atoms with Gasteiger partial charge in [0.1, 0.15) is 12.2 Å². The number of ketones is 2. The number of amides is 1. The van der Waals surface area contributed by atoms with Gasteiger partial charge >= 0.3 is 5.97 Å². The van der Waals surface area contributed by atoms with Crippen LogP contribution in [0.5, 0.6) is 0 Å². The number of hydrogen-bond donors (Lipinski definition) is 5. The number of hydrogen-bond acceptors (Lipinski definition) is 7. The predicted octanol–water partition coefficient (Wildman–Crippen LogP) is 5.93. The van der Waals surface area contributed by atoms with E-state index in [1.807, 2.05) is 95.3 Å². The minimum Gasteiger partial charge on any atom is -0.481 e. The molecule has 4 unspecified atom stereocenters. The molecule has 0 saturated carbocycles. The van der Waals surface area contributed by atoms with E-state index in [0.717, 1.165) is 31.2 Å². The summed E-state index contributed by atoms with van der Waals surface area (Å²) in [6, 6.07) is 19.8. The van der Waals surface area contributed by atoms with Crippen molar-refractivity contribution in [2.75, 3.05) is 0 Å². The average molecular weight is 629 g/mol. The number of benzene rings is 2. The molecular weight excluding hydrogens is 572 g/mol. The van der Waals surface area contributed by atoms with Crippen molar-refractivity contribution >= 4 is 23.4 Å². The summed E-state index contributed by atoms with van der Waals surface area (Å²) in [6.45, 7) is 11.6. The number of Topliss-reactive ketones (excluding diaryl/α,β-unsaturated/α-hetero) is 2. The highest BCUT2D eigenvalue weighted by atomic mass is 16.4. The molecule has 2 aromatic carbocycles. The summed E-state index contributed by atoms with van der Waals surface area (Å²) < 4.78 is 0. The third-order valence-corrected chi connectivity index (χ3v) is 7.41. The second-order valence-electron chi connectivity index (χ2n) is 11.6. The van der Waals surface area contributed by atoms with Crippen LogP contribution in [0.1, 0.15) is 116 Å². The van der Waals surface area contributed by atoms with Crippen LogP contribution >= 0.6 is 0 Å². The Labute approximate surface area is 269 Å². The van der Waals surface area contributed by atoms with Gasteiger partial charge in [-0.25, -0.2) is 0 Å². The van der Waals surface area contributed by atoms with E-state index in [4.69, 9.17) is 10.8 Å². The minimum atomic E-state index is -1.01. The number of nitrogens with two attached hydrogens (primary N) is 1. The number of carbonyl (C=O) groups is 4. The second-order valence-corrected chi connectivity index (χ2v) is 11.6. The highest BCUT2D eigenvalue weighted by molar-refractivity contribution is 5.88. The Hall–Kier alpha value is -3.40. The van der Waals surface area contributed by atoms with Crippen molar-refractivity contribution in [2.45, 2.75) is 117 Å². The van der Waals surface area contributed by atoms with Crippen molar-refractivity contribution in [1.82, 2.24) is 5.32 Å². The van der Waals surface area contributed by atoms with Crippen LogP contribution in [0.2, 0.25) is 0 Å². The molecule has 2 aromatic rings. The Balaban J connectivity index is 0.000000715. The first-order chi connectivity index (χ1) is 21.2. The van der Waals surface area contributed by atoms with Gasteiger partial charge in [0.2, 0.25) is 5.91 Å². The van der Waals surface area contributed by atoms with Gasteiger partial charge in [-0.2, -0.15) is 0 Å². The molecule has 6 N–H and O–H groups in total. The molecule has 2 rings (SSSR count). The zero-order valence-electron chi connectivity index (χ0n) is 27.9. The molecule has 252 valence electrons. The highest BCUT2D eigenvalue weighted by Gasteiger charge is 2.23. The molecule has 0 aliphatic rings. The third kappa shape index (κ3) is 18.9. The van der Waals surface area contributed by atoms with Crippen molar-refractivity contribution in [3.8, 4) is 0 Å². The number of carbonyl (C=O) groups excluding carboxylic acids is 3. The molecule has 0 aromatic heterocycles. The van der Waals surface area contributed by atoms with Crippen molar-refractivity contribution < 1.29 is 34.5 Å². The van der Waals surface area contributed by atoms with E-state index in [1.54, 1.807) is 6.92 Å². The molecule has 0 aliphatic heterocycles. The maximum atomic E-state index is 11.9. The van der Waals surface area contributed by atoms with E-state index in [0.29, 0.717) is 0 Å². The summed E-state index contributed by atoms with van der Waals surface area (Å²) >= 11 is 0. The number of aliphatic carboxylic acids is 1. The third-order valence-electron chi connectivity index (χ3n) is 7.41. The molecule has 0 aliphatic carbocycles. The topological polar surface area (TPSA) is 167 Å². The molecule has 0 bridgehead atoms. The summed E-state index contributed by atoms with van der Waals surface area (Å²) in [6.07, 6.45) is 1.39. The molecule has 0 heterocycles. The Bertz CT molecular complexity index is 1110. The first-order valence-corrected chi connectivity index (χ1v) is 16.0. The lowest BCUT2D eigenvalue weighted by Crippen LogP contribution is -2.31. The van der Waals surface area contributed by atoms with Gasteiger partial charge in [0.15, 0.2) is 11.6 Å². The van der Waals surface area contributed by atoms with Crippen molar-refractivity contribution in [3.05, 3.63) is 71.8 Å². The minimum absolute atomic E-state index is 0.0520. The standard InChI is InChI=1S/C18H27NO3.C10H18O4.C8H11N/c1-4-8-13(2)18(22)16(20)11-12-17(21)19-14(3)15-9-6-5-7-10-15;1-3-4-7(2)10(14)8(11)5-6-9(12)13;1-7(9)8-5-3-2-4-6-8/h5-7,9-10,13-14,18,22H,4,8,11-12H2,1-3H3,(H,19,21);7,10,14H,3-6H2,1-2H3,(H,12,13);2-7H,9H2,1H3/t13?,14-,18?;;7-/m1.1/s1. The predicted molar refractivity (Wildman–Crippen MR) is 178 cm³/mol. The fourth-order valence-corrected chi connectivity index (χ4v) is 4.52. The Morgan fingerprint density at radius 3 is 1.42 bits per heavy atom. The van der Waals surface area contributed by atoms with E-state index >= 15 is 0 Å². The molecule has 0 fully saturated rings. The normalized spacial score (nSPS) is 14.5. The zero-order chi connectivity index (χ0) is 34.4. The summed E-state index contributed by atoms with van der Waals surface area (Å²) in [5, 5.41) is 30.6. The Morgan fingerprint density at radius 1 is 0.667 bits per heavy atom. The molecule has 9 heteroatoms. The molecule has 0 radical (unpaired) electrons. The van der Waals surface area contributed by atoms with E-state index < -0.39 is 18.2 Å². The monoisotopic (exact) mass is 628 g/mol. The average Bonchev–Trinajstić information content (AvgIpc) is 3.03. The van der Waals surface area contributed by atoms with E-state index in [-0.39, 0.29) is 67.1 Å². The summed E-state index contributed by atoms with van der Waals surface area (Å²) in [5.41, 5.74) is 7.83. The van der Waals surface area contributed by atoms with Gasteiger partial charge in [-0.1, -0.05) is 101 Å². The smallest absolute Gasteiger partial charge is 0.303 e. The van der Waals surface area contributed by atoms with Gasteiger partial charge in [-0.05, 0) is 49.7 Å². The van der Waals surface area contributed by atoms with Gasteiger partial charge in [-0.3, -0.25) is 19.2 Å². The van der Waals surface area contributed by atoms with E-state index in [2.05, 4.69) is 5.32 Å². The highest BCUT2D eigenvalue weighted by Crippen LogP contribution is 2.15. The summed E-state index contributed by atoms with van der Waals surface area (Å²) in [7, 11) is 0. The van der Waals surface area contributed by atoms with Crippen molar-refractivity contribution in [1.29, 1.82) is 0 Å². The number of carboxylic acid groups (broad SMARTS) is 1. The van der Waals surface area contributed by atoms with Crippen LogP contribution in [0.4, 0.5) is 0 Å². The lowest BCUT2D eigenvalue weighted by molar-refractivity contribution is -0.140. The first-order valence-electron chi connectivity index (χ1n) is 16.0. The molecule has 1 amide bonds. The Morgan fingerprint density at radius 2 is 1.07 bits per heavy atom. The first kappa shape index (κ1) is 41.6. The van der Waals surface area contributed by atoms with Crippen LogP contribution in [0.15, 0.2) is 60.7 Å². The number of carboxylic acids is 1. The lowest BCUT2D eigenvalue weighted by Gasteiger charge is -2.17. The van der Waals surface area contributed by atoms with Crippen LogP contribution in [-0.2, 0) is 19.2 Å². The maximum absolute atomic E-state index is 11.9. The van der Waals surface area contributed by atoms with Crippen LogP contribution in [0.3, 0.4) is 0 Å². The number of aliphatic hydroxyl groups is 2. The Kier molecular flexibility index (Phi) is 22.1. The fraction of sp³-hybridized carbons (Fsp3) is 0.556. The number of aliphatic hydroxyl groups excluding tert-OH is 2. The fourth-order valence-electron chi connectivity index (χ4n) is 4.52. The largest absolute Gasteiger partial charge is 0.481 e. The van der Waals surface area contributed by atoms with Gasteiger partial charge in [0, 0.05) is 25.3 Å². The van der Waals surface area contributed by atoms with E-state index in [1.165, 1.54) is 5.56 Å². The lowest BCUT2D eigenvalue weighted by atomic mass is 9.94. The molecule has 0 spiro atoms. The summed E-state index contributed by atoms with van der Waals surface area (Å²) in [5.74, 6) is -1.92. The second kappa shape index (κ2) is 23.9. The number of nitrogens with one attached hydrogen (secondary N) is 1. The molecule has 45 heavy (non-hydrogen) atoms. The maximum Gasteiger partial charge on any atom is 0.303 e. The van der Waals surface area contributed by atoms with Crippen LogP contribution in [0, 0.1) is 11.8 Å². The summed E-state index contributed by atoms with van der Waals surface area (Å²) in [4.78, 5) is 45.2. The molecule has 6 atom stereocenters. The van der Waals surface area contributed by atoms with Gasteiger partial charge < -0.3 is 26.4 Å². The van der Waals surface area contributed by atoms with Gasteiger partial charge in [0.25, 0.3) is 0 Å². The van der Waals surface area contributed by atoms with E-state index in [9.17, 15) is 29.4 Å². The number of rotatable bonds is 17. The van der Waals surface area contributed by atoms with Crippen LogP contribution in [-0.4, -0.2) is 51.0 Å². The quantitative estimate of drug-likeness (QED) is 0.144. The SMILES string of the molecule is CCCC(C)C(O)C(=O)CCC(=O)N[C@H](C)c1ccccc1.CCCC(C)C(O)C(=O)CCC(=O)O.C[C@@H](N)c1ccccc1. The molecular formula is C36H56N2O7. The van der Waals surface area contributed by atoms with Crippen molar-refractivity contribution in [2.24, 2.45) is 17.6 Å². The molecule has 9 nitrogen and oxygen atoms in total. The zero-order valence-corrected chi connectivity index (χ0v) is 27.9. The van der Waals surface area contributed by atoms with Crippen LogP contribution in [0.25, 0.3) is 0 Å². The van der Waals surface area contributed by atoms with Gasteiger partial charge in [0.05, 0.1) is 12.5 Å². The van der Waals surface area contributed by atoms with Crippen molar-refractivity contribution in [3.63, 3.8) is 0 Å². The van der Waals surface area contributed by atoms with Gasteiger partial charge in [-0.15, -0.1) is 0 Å². The van der Waals surface area contributed by atoms with Crippen LogP contribution < -0.4 is 11.1 Å².